The number of esters is 3. The molecule has 0 spiro atoms. The van der Waals surface area contributed by atoms with Crippen molar-refractivity contribution in [2.45, 2.75) is 125 Å². The van der Waals surface area contributed by atoms with E-state index in [1.807, 2.05) is 64.1 Å². The van der Waals surface area contributed by atoms with Crippen molar-refractivity contribution in [3.63, 3.8) is 0 Å². The highest BCUT2D eigenvalue weighted by Gasteiger charge is 2.38. The number of halogens is 6. The molecule has 63 heavy (non-hydrogen) atoms. The Labute approximate surface area is 367 Å². The minimum absolute atomic E-state index is 0.222. The minimum Gasteiger partial charge on any atom is -0.480 e. The first kappa shape index (κ1) is 62.5. The molecule has 0 aliphatic rings. The predicted molar refractivity (Wildman–Crippen MR) is 227 cm³/mol. The van der Waals surface area contributed by atoms with E-state index in [9.17, 15) is 50.3 Å². The number of alkyl halides is 6. The monoisotopic (exact) mass is 913 g/mol. The topological polar surface area (TPSA) is 218 Å². The Morgan fingerprint density at radius 1 is 0.698 bits per heavy atom. The first-order valence-corrected chi connectivity index (χ1v) is 20.3. The van der Waals surface area contributed by atoms with Gasteiger partial charge in [-0.1, -0.05) is 97.0 Å². The van der Waals surface area contributed by atoms with Gasteiger partial charge in [-0.15, -0.1) is 0 Å². The smallest absolute Gasteiger partial charge is 0.391 e. The van der Waals surface area contributed by atoms with Crippen LogP contribution in [-0.4, -0.2) is 90.8 Å². The standard InChI is InChI=1S/C15H21NO3.C9H10O2.C8H13F3O2.C6H12F3NO.C6H13NO2/c1-4-19-15(18)13(10-11(2)3)16-14(17)12-8-6-5-7-9-12;1-8(10)11-7-9-5-3-2-4-6-9;1-5(7(12)13-3)4-6(2)8(9,10)11;1-4(6(7,8)9)2-5(10)3-11;1-4(2)3-5(7)6(8)9/h5-9,11,13H,4,10H2,1-3H3,(H,16,17);2-6H,7H2,1H3;5-6H,4H2,1-3H3;4-5,11H,2-3,10H2,1H3;4-5H,3,7H2,1-2H3,(H,8,9)/t;;5-,6-;4-,5-;/m..00./s1. The zero-order valence-corrected chi connectivity index (χ0v) is 37.9. The number of methoxy groups -OCH3 is 1. The molecule has 0 bridgehead atoms. The number of aliphatic hydroxyl groups is 1. The zero-order chi connectivity index (χ0) is 49.5. The summed E-state index contributed by atoms with van der Waals surface area (Å²) in [4.78, 5) is 55.1. The lowest BCUT2D eigenvalue weighted by molar-refractivity contribution is -0.176. The van der Waals surface area contributed by atoms with Crippen LogP contribution >= 0.6 is 0 Å². The summed E-state index contributed by atoms with van der Waals surface area (Å²) in [6, 6.07) is 16.4. The second-order valence-corrected chi connectivity index (χ2v) is 15.3. The Kier molecular flexibility index (Phi) is 33.5. The first-order valence-electron chi connectivity index (χ1n) is 20.3. The molecule has 2 unspecified atom stereocenters. The van der Waals surface area contributed by atoms with Crippen molar-refractivity contribution in [2.75, 3.05) is 20.3 Å². The number of aliphatic hydroxyl groups excluding tert-OH is 1. The van der Waals surface area contributed by atoms with Crippen LogP contribution in [0, 0.1) is 29.6 Å². The van der Waals surface area contributed by atoms with E-state index in [-0.39, 0.29) is 30.7 Å². The molecule has 6 atom stereocenters. The molecule has 0 aliphatic carbocycles. The average Bonchev–Trinajstić information content (AvgIpc) is 3.20. The normalized spacial score (nSPS) is 13.7. The fourth-order valence-corrected chi connectivity index (χ4v) is 4.75. The van der Waals surface area contributed by atoms with E-state index in [2.05, 4.69) is 10.1 Å². The fourth-order valence-electron chi connectivity index (χ4n) is 4.75. The Bertz CT molecular complexity index is 1550. The van der Waals surface area contributed by atoms with Gasteiger partial charge in [0.15, 0.2) is 0 Å². The highest BCUT2D eigenvalue weighted by molar-refractivity contribution is 5.96. The third-order valence-corrected chi connectivity index (χ3v) is 8.27. The summed E-state index contributed by atoms with van der Waals surface area (Å²) in [7, 11) is 1.16. The van der Waals surface area contributed by atoms with Crippen LogP contribution in [0.25, 0.3) is 0 Å². The summed E-state index contributed by atoms with van der Waals surface area (Å²) < 4.78 is 85.6. The first-order chi connectivity index (χ1) is 29.0. The van der Waals surface area contributed by atoms with E-state index in [4.69, 9.17) is 31.2 Å². The maximum atomic E-state index is 12.0. The van der Waals surface area contributed by atoms with E-state index in [1.165, 1.54) is 13.8 Å². The van der Waals surface area contributed by atoms with Crippen molar-refractivity contribution in [1.82, 2.24) is 5.32 Å². The quantitative estimate of drug-likeness (QED) is 0.0582. The van der Waals surface area contributed by atoms with Gasteiger partial charge < -0.3 is 41.2 Å². The molecule has 0 saturated heterocycles. The molecule has 2 aromatic carbocycles. The van der Waals surface area contributed by atoms with Crippen molar-refractivity contribution >= 4 is 29.8 Å². The molecule has 7 N–H and O–H groups in total. The number of nitrogens with two attached hydrogens (primary N) is 2. The number of hydrogen-bond donors (Lipinski definition) is 5. The number of aliphatic carboxylic acids is 1. The number of carboxylic acids is 1. The summed E-state index contributed by atoms with van der Waals surface area (Å²) in [5.41, 5.74) is 11.9. The largest absolute Gasteiger partial charge is 0.480 e. The number of carbonyl (C=O) groups excluding carboxylic acids is 4. The molecule has 0 heterocycles. The maximum Gasteiger partial charge on any atom is 0.391 e. The number of carbonyl (C=O) groups is 5. The number of benzene rings is 2. The summed E-state index contributed by atoms with van der Waals surface area (Å²) >= 11 is 0. The molecule has 0 radical (unpaired) electrons. The summed E-state index contributed by atoms with van der Waals surface area (Å²) in [5, 5.41) is 19.4. The Balaban J connectivity index is -0.000000734. The van der Waals surface area contributed by atoms with Gasteiger partial charge in [-0.25, -0.2) is 4.79 Å². The molecular weight excluding hydrogens is 844 g/mol. The number of amides is 1. The van der Waals surface area contributed by atoms with Crippen molar-refractivity contribution in [3.05, 3.63) is 71.8 Å². The molecule has 13 nitrogen and oxygen atoms in total. The predicted octanol–water partition coefficient (Wildman–Crippen LogP) is 7.87. The van der Waals surface area contributed by atoms with Crippen molar-refractivity contribution < 1.29 is 74.7 Å². The number of nitrogens with one attached hydrogen (secondary N) is 1. The second-order valence-electron chi connectivity index (χ2n) is 15.3. The van der Waals surface area contributed by atoms with E-state index in [1.54, 1.807) is 31.2 Å². The summed E-state index contributed by atoms with van der Waals surface area (Å²) in [6.45, 7) is 14.9. The Hall–Kier alpha value is -4.75. The maximum absolute atomic E-state index is 12.0. The number of rotatable bonds is 17. The van der Waals surface area contributed by atoms with Crippen LogP contribution in [-0.2, 0) is 40.0 Å². The third kappa shape index (κ3) is 34.4. The Morgan fingerprint density at radius 3 is 1.52 bits per heavy atom. The van der Waals surface area contributed by atoms with Crippen LogP contribution in [0.3, 0.4) is 0 Å². The van der Waals surface area contributed by atoms with Gasteiger partial charge in [0.05, 0.1) is 38.1 Å². The van der Waals surface area contributed by atoms with Gasteiger partial charge in [-0.2, -0.15) is 26.3 Å². The van der Waals surface area contributed by atoms with Crippen molar-refractivity contribution in [2.24, 2.45) is 41.1 Å². The van der Waals surface area contributed by atoms with Gasteiger partial charge in [0.25, 0.3) is 5.91 Å². The molecule has 19 heteroatoms. The summed E-state index contributed by atoms with van der Waals surface area (Å²) in [5.74, 6) is -5.34. The van der Waals surface area contributed by atoms with Crippen LogP contribution < -0.4 is 16.8 Å². The molecule has 0 aliphatic heterocycles. The molecule has 2 aromatic rings. The number of carboxylic acid groups (broad SMARTS) is 1. The van der Waals surface area contributed by atoms with Crippen molar-refractivity contribution in [1.29, 1.82) is 0 Å². The average molecular weight is 914 g/mol. The van der Waals surface area contributed by atoms with Gasteiger partial charge >= 0.3 is 36.2 Å². The van der Waals surface area contributed by atoms with Gasteiger partial charge in [0, 0.05) is 18.5 Å². The highest BCUT2D eigenvalue weighted by Crippen LogP contribution is 2.31. The molecule has 0 saturated carbocycles. The van der Waals surface area contributed by atoms with Crippen LogP contribution in [0.2, 0.25) is 0 Å². The molecule has 0 fully saturated rings. The lowest BCUT2D eigenvalue weighted by atomic mass is 9.97. The Morgan fingerprint density at radius 2 is 1.16 bits per heavy atom. The highest BCUT2D eigenvalue weighted by atomic mass is 19.4. The van der Waals surface area contributed by atoms with Crippen molar-refractivity contribution in [3.8, 4) is 0 Å². The zero-order valence-electron chi connectivity index (χ0n) is 37.9. The van der Waals surface area contributed by atoms with Gasteiger partial charge in [-0.05, 0) is 62.1 Å². The summed E-state index contributed by atoms with van der Waals surface area (Å²) in [6.07, 6.45) is -7.77. The third-order valence-electron chi connectivity index (χ3n) is 8.27. The van der Waals surface area contributed by atoms with Gasteiger partial charge in [-0.3, -0.25) is 19.2 Å². The SMILES string of the molecule is CC(=O)OCc1ccccc1.CC(C)CC(N)C(=O)O.CCOC(=O)C(CC(C)C)NC(=O)c1ccccc1.COC(=O)[C@@H](C)C[C@H](C)C(F)(F)F.C[C@@H](C[C@H](N)CO)C(F)(F)F. The second kappa shape index (κ2) is 33.8. The molecule has 362 valence electrons. The van der Waals surface area contributed by atoms with E-state index < -0.39 is 66.8 Å². The van der Waals surface area contributed by atoms with E-state index in [0.717, 1.165) is 26.5 Å². The molecule has 1 amide bonds. The van der Waals surface area contributed by atoms with Gasteiger partial charge in [0.2, 0.25) is 0 Å². The number of ether oxygens (including phenoxy) is 3. The van der Waals surface area contributed by atoms with Crippen LogP contribution in [0.15, 0.2) is 60.7 Å². The van der Waals surface area contributed by atoms with Gasteiger partial charge in [0.1, 0.15) is 18.7 Å². The lowest BCUT2D eigenvalue weighted by Crippen LogP contribution is -2.42. The van der Waals surface area contributed by atoms with E-state index in [0.29, 0.717) is 43.5 Å². The lowest BCUT2D eigenvalue weighted by Gasteiger charge is -2.19. The fraction of sp³-hybridized carbons (Fsp3) is 0.614. The minimum atomic E-state index is -4.23. The molecular formula is C44H69F6N3O10. The van der Waals surface area contributed by atoms with Crippen LogP contribution in [0.4, 0.5) is 26.3 Å². The van der Waals surface area contributed by atoms with E-state index >= 15 is 0 Å². The van der Waals surface area contributed by atoms with Crippen LogP contribution in [0.5, 0.6) is 0 Å². The molecule has 0 aromatic heterocycles. The number of hydrogen-bond acceptors (Lipinski definition) is 11. The van der Waals surface area contributed by atoms with Crippen LogP contribution in [0.1, 0.15) is 104 Å². The molecule has 2 rings (SSSR count).